The first-order valence-electron chi connectivity index (χ1n) is 8.43. The van der Waals surface area contributed by atoms with E-state index in [4.69, 9.17) is 0 Å². The summed E-state index contributed by atoms with van der Waals surface area (Å²) in [7, 11) is 0. The molecule has 2 aromatic heterocycles. The SMILES string of the molecule is Cc1cc(CN2CCc3ccsc3C2)cc2c1Sc1nccnc1N2. The van der Waals surface area contributed by atoms with Crippen LogP contribution in [-0.4, -0.2) is 21.4 Å². The zero-order valence-electron chi connectivity index (χ0n) is 14.0. The van der Waals surface area contributed by atoms with Gasteiger partial charge in [0, 0.05) is 41.8 Å². The predicted octanol–water partition coefficient (Wildman–Crippen LogP) is 4.61. The van der Waals surface area contributed by atoms with E-state index in [1.165, 1.54) is 32.9 Å². The number of hydrogen-bond donors (Lipinski definition) is 1. The van der Waals surface area contributed by atoms with Crippen LogP contribution in [0.25, 0.3) is 0 Å². The van der Waals surface area contributed by atoms with E-state index in [0.717, 1.165) is 36.2 Å². The Morgan fingerprint density at radius 2 is 2.16 bits per heavy atom. The third kappa shape index (κ3) is 2.84. The van der Waals surface area contributed by atoms with Crippen LogP contribution in [0.4, 0.5) is 11.5 Å². The highest BCUT2D eigenvalue weighted by atomic mass is 32.2. The van der Waals surface area contributed by atoms with Gasteiger partial charge < -0.3 is 5.32 Å². The standard InChI is InChI=1S/C19H18N4S2/c1-12-8-13(10-23-6-2-14-3-7-24-16(14)11-23)9-15-17(12)25-19-18(22-15)20-4-5-21-19/h3-5,7-9H,2,6,10-11H2,1H3,(H,20,22). The third-order valence-corrected chi connectivity index (χ3v) is 6.95. The molecule has 0 amide bonds. The number of rotatable bonds is 2. The molecule has 0 saturated carbocycles. The number of nitrogens with zero attached hydrogens (tertiary/aromatic N) is 3. The zero-order chi connectivity index (χ0) is 16.8. The monoisotopic (exact) mass is 366 g/mol. The maximum absolute atomic E-state index is 4.42. The summed E-state index contributed by atoms with van der Waals surface area (Å²) in [5.74, 6) is 0.859. The molecule has 3 aromatic rings. The highest BCUT2D eigenvalue weighted by Gasteiger charge is 2.22. The van der Waals surface area contributed by atoms with E-state index in [1.54, 1.807) is 24.2 Å². The second-order valence-corrected chi connectivity index (χ2v) is 8.56. The Morgan fingerprint density at radius 3 is 3.12 bits per heavy atom. The van der Waals surface area contributed by atoms with E-state index in [9.17, 15) is 0 Å². The first-order chi connectivity index (χ1) is 12.3. The highest BCUT2D eigenvalue weighted by Crippen LogP contribution is 2.44. The van der Waals surface area contributed by atoms with Crippen LogP contribution in [0.15, 0.2) is 45.9 Å². The number of thiophene rings is 1. The predicted molar refractivity (Wildman–Crippen MR) is 103 cm³/mol. The van der Waals surface area contributed by atoms with Crippen molar-refractivity contribution in [3.63, 3.8) is 0 Å². The van der Waals surface area contributed by atoms with Crippen molar-refractivity contribution in [2.75, 3.05) is 11.9 Å². The second kappa shape index (κ2) is 6.12. The summed E-state index contributed by atoms with van der Waals surface area (Å²) in [6, 6.07) is 6.87. The lowest BCUT2D eigenvalue weighted by Gasteiger charge is -2.28. The molecule has 5 rings (SSSR count). The summed E-state index contributed by atoms with van der Waals surface area (Å²) < 4.78 is 0. The fraction of sp³-hybridized carbons (Fsp3) is 0.263. The topological polar surface area (TPSA) is 41.1 Å². The van der Waals surface area contributed by atoms with Crippen molar-refractivity contribution < 1.29 is 0 Å². The number of fused-ring (bicyclic) bond motifs is 3. The normalized spacial score (nSPS) is 15.9. The Bertz CT molecular complexity index is 950. The van der Waals surface area contributed by atoms with Gasteiger partial charge in [-0.1, -0.05) is 17.8 Å². The molecule has 0 spiro atoms. The zero-order valence-corrected chi connectivity index (χ0v) is 15.6. The fourth-order valence-corrected chi connectivity index (χ4v) is 5.48. The summed E-state index contributed by atoms with van der Waals surface area (Å²) >= 11 is 3.59. The third-order valence-electron chi connectivity index (χ3n) is 4.76. The van der Waals surface area contributed by atoms with Crippen molar-refractivity contribution in [3.05, 3.63) is 57.5 Å². The van der Waals surface area contributed by atoms with Crippen LogP contribution in [-0.2, 0) is 19.5 Å². The van der Waals surface area contributed by atoms with Crippen LogP contribution in [0.1, 0.15) is 21.6 Å². The molecule has 4 nitrogen and oxygen atoms in total. The molecule has 2 aliphatic heterocycles. The molecule has 0 saturated heterocycles. The lowest BCUT2D eigenvalue weighted by molar-refractivity contribution is 0.249. The highest BCUT2D eigenvalue weighted by molar-refractivity contribution is 7.99. The average Bonchev–Trinajstić information content (AvgIpc) is 3.08. The van der Waals surface area contributed by atoms with Gasteiger partial charge in [0.15, 0.2) is 5.82 Å². The molecule has 0 bridgehead atoms. The number of hydrogen-bond acceptors (Lipinski definition) is 6. The van der Waals surface area contributed by atoms with Crippen molar-refractivity contribution in [1.82, 2.24) is 14.9 Å². The molecular formula is C19H18N4S2. The Kier molecular flexibility index (Phi) is 3.77. The second-order valence-electron chi connectivity index (χ2n) is 6.56. The van der Waals surface area contributed by atoms with Gasteiger partial charge in [-0.05, 0) is 47.5 Å². The fourth-order valence-electron chi connectivity index (χ4n) is 3.56. The molecule has 1 N–H and O–H groups in total. The molecule has 25 heavy (non-hydrogen) atoms. The molecule has 0 aliphatic carbocycles. The van der Waals surface area contributed by atoms with Gasteiger partial charge in [0.1, 0.15) is 5.03 Å². The van der Waals surface area contributed by atoms with Gasteiger partial charge in [-0.2, -0.15) is 0 Å². The molecule has 0 radical (unpaired) electrons. The van der Waals surface area contributed by atoms with Gasteiger partial charge in [0.25, 0.3) is 0 Å². The van der Waals surface area contributed by atoms with E-state index in [2.05, 4.69) is 50.7 Å². The van der Waals surface area contributed by atoms with Crippen LogP contribution < -0.4 is 5.32 Å². The van der Waals surface area contributed by atoms with E-state index in [1.807, 2.05) is 11.3 Å². The number of nitrogens with one attached hydrogen (secondary N) is 1. The van der Waals surface area contributed by atoms with Gasteiger partial charge in [-0.15, -0.1) is 11.3 Å². The summed E-state index contributed by atoms with van der Waals surface area (Å²) in [5, 5.41) is 6.63. The molecule has 4 heterocycles. The molecule has 6 heteroatoms. The molecule has 0 atom stereocenters. The largest absolute Gasteiger partial charge is 0.337 e. The van der Waals surface area contributed by atoms with Crippen LogP contribution >= 0.6 is 23.1 Å². The Balaban J connectivity index is 1.40. The smallest absolute Gasteiger partial charge is 0.163 e. The summed E-state index contributed by atoms with van der Waals surface area (Å²) in [6.07, 6.45) is 4.65. The van der Waals surface area contributed by atoms with Crippen molar-refractivity contribution >= 4 is 34.6 Å². The Morgan fingerprint density at radius 1 is 1.24 bits per heavy atom. The van der Waals surface area contributed by atoms with Crippen LogP contribution in [0, 0.1) is 6.92 Å². The molecular weight excluding hydrogens is 348 g/mol. The first-order valence-corrected chi connectivity index (χ1v) is 10.1. The minimum Gasteiger partial charge on any atom is -0.337 e. The summed E-state index contributed by atoms with van der Waals surface area (Å²) in [5.41, 5.74) is 5.35. The van der Waals surface area contributed by atoms with E-state index < -0.39 is 0 Å². The summed E-state index contributed by atoms with van der Waals surface area (Å²) in [6.45, 7) is 5.38. The minimum absolute atomic E-state index is 0.859. The van der Waals surface area contributed by atoms with Gasteiger partial charge in [0.05, 0.1) is 5.69 Å². The first kappa shape index (κ1) is 15.4. The molecule has 0 unspecified atom stereocenters. The van der Waals surface area contributed by atoms with E-state index >= 15 is 0 Å². The van der Waals surface area contributed by atoms with E-state index in [-0.39, 0.29) is 0 Å². The van der Waals surface area contributed by atoms with Crippen molar-refractivity contribution in [3.8, 4) is 0 Å². The lowest BCUT2D eigenvalue weighted by atomic mass is 10.1. The van der Waals surface area contributed by atoms with Crippen molar-refractivity contribution in [2.24, 2.45) is 0 Å². The van der Waals surface area contributed by atoms with Crippen LogP contribution in [0.5, 0.6) is 0 Å². The molecule has 0 fully saturated rings. The lowest BCUT2D eigenvalue weighted by Crippen LogP contribution is -2.29. The summed E-state index contributed by atoms with van der Waals surface area (Å²) in [4.78, 5) is 14.2. The van der Waals surface area contributed by atoms with Gasteiger partial charge in [-0.25, -0.2) is 9.97 Å². The maximum atomic E-state index is 4.42. The van der Waals surface area contributed by atoms with E-state index in [0.29, 0.717) is 0 Å². The van der Waals surface area contributed by atoms with Crippen LogP contribution in [0.3, 0.4) is 0 Å². The molecule has 2 aliphatic rings. The number of aromatic nitrogens is 2. The van der Waals surface area contributed by atoms with Crippen molar-refractivity contribution in [2.45, 2.75) is 36.4 Å². The number of anilines is 2. The maximum Gasteiger partial charge on any atom is 0.163 e. The molecule has 1 aromatic carbocycles. The average molecular weight is 367 g/mol. The van der Waals surface area contributed by atoms with Gasteiger partial charge in [0.2, 0.25) is 0 Å². The van der Waals surface area contributed by atoms with Gasteiger partial charge in [-0.3, -0.25) is 4.90 Å². The Hall–Kier alpha value is -1.89. The molecule has 126 valence electrons. The van der Waals surface area contributed by atoms with Crippen molar-refractivity contribution in [1.29, 1.82) is 0 Å². The Labute approximate surface area is 155 Å². The quantitative estimate of drug-likeness (QED) is 0.561. The number of benzene rings is 1. The number of aryl methyl sites for hydroxylation is 1. The minimum atomic E-state index is 0.859. The van der Waals surface area contributed by atoms with Crippen LogP contribution in [0.2, 0.25) is 0 Å². The van der Waals surface area contributed by atoms with Gasteiger partial charge >= 0.3 is 0 Å².